The minimum absolute atomic E-state index is 0.0139. The summed E-state index contributed by atoms with van der Waals surface area (Å²) in [6, 6.07) is 8.01. The fourth-order valence-corrected chi connectivity index (χ4v) is 4.17. The van der Waals surface area contributed by atoms with Gasteiger partial charge < -0.3 is 10.6 Å². The van der Waals surface area contributed by atoms with Gasteiger partial charge in [-0.15, -0.1) is 11.3 Å². The molecule has 2 N–H and O–H groups in total. The molecular formula is C21H27N3O2S. The third kappa shape index (κ3) is 4.82. The van der Waals surface area contributed by atoms with E-state index in [1.54, 1.807) is 10.3 Å². The number of ketones is 1. The molecule has 1 aliphatic rings. The molecule has 1 aromatic carbocycles. The van der Waals surface area contributed by atoms with Crippen LogP contribution < -0.4 is 5.73 Å². The molecular weight excluding hydrogens is 358 g/mol. The molecule has 1 fully saturated rings. The number of nitrogens with two attached hydrogens (primary N) is 1. The number of thiazole rings is 1. The van der Waals surface area contributed by atoms with Gasteiger partial charge in [-0.1, -0.05) is 38.1 Å². The number of rotatable bonds is 6. The lowest BCUT2D eigenvalue weighted by atomic mass is 9.88. The molecule has 0 radical (unpaired) electrons. The van der Waals surface area contributed by atoms with Gasteiger partial charge in [0.05, 0.1) is 0 Å². The van der Waals surface area contributed by atoms with Gasteiger partial charge in [0.25, 0.3) is 5.91 Å². The number of piperidine rings is 1. The number of hydrogen-bond acceptors (Lipinski definition) is 5. The zero-order chi connectivity index (χ0) is 19.4. The molecule has 0 aliphatic carbocycles. The van der Waals surface area contributed by atoms with Gasteiger partial charge in [0.1, 0.15) is 10.7 Å². The normalized spacial score (nSPS) is 15.3. The summed E-state index contributed by atoms with van der Waals surface area (Å²) < 4.78 is 0. The molecule has 6 heteroatoms. The summed E-state index contributed by atoms with van der Waals surface area (Å²) in [5.41, 5.74) is 8.07. The van der Waals surface area contributed by atoms with E-state index in [0.717, 1.165) is 17.0 Å². The number of hydrogen-bond donors (Lipinski definition) is 1. The number of aromatic nitrogens is 1. The second-order valence-electron chi connectivity index (χ2n) is 7.56. The van der Waals surface area contributed by atoms with Crippen LogP contribution in [0.5, 0.6) is 0 Å². The van der Waals surface area contributed by atoms with Crippen molar-refractivity contribution in [1.29, 1.82) is 0 Å². The van der Waals surface area contributed by atoms with Crippen LogP contribution in [0.4, 0.5) is 0 Å². The fourth-order valence-electron chi connectivity index (χ4n) is 3.52. The average molecular weight is 386 g/mol. The van der Waals surface area contributed by atoms with E-state index in [4.69, 9.17) is 5.73 Å². The van der Waals surface area contributed by atoms with E-state index in [1.807, 2.05) is 12.1 Å². The number of nitrogens with zero attached hydrogens (tertiary/aromatic N) is 2. The molecule has 3 rings (SSSR count). The molecule has 0 atom stereocenters. The molecule has 1 saturated heterocycles. The van der Waals surface area contributed by atoms with Crippen LogP contribution in [-0.2, 0) is 13.0 Å². The van der Waals surface area contributed by atoms with Gasteiger partial charge in [0.15, 0.2) is 5.78 Å². The Morgan fingerprint density at radius 3 is 2.44 bits per heavy atom. The molecule has 0 unspecified atom stereocenters. The number of likely N-dealkylation sites (tertiary alicyclic amines) is 1. The van der Waals surface area contributed by atoms with Crippen molar-refractivity contribution in [3.8, 4) is 0 Å². The van der Waals surface area contributed by atoms with Gasteiger partial charge in [-0.3, -0.25) is 9.59 Å². The highest BCUT2D eigenvalue weighted by molar-refractivity contribution is 7.09. The predicted octanol–water partition coefficient (Wildman–Crippen LogP) is 3.54. The lowest BCUT2D eigenvalue weighted by Gasteiger charge is -2.31. The molecule has 0 bridgehead atoms. The Balaban J connectivity index is 1.56. The SMILES string of the molecule is CC(C)Cc1ccc(C(=O)C2CCN(C(=O)c3csc(CN)n3)CC2)cc1. The Bertz CT molecular complexity index is 790. The second-order valence-corrected chi connectivity index (χ2v) is 8.50. The van der Waals surface area contributed by atoms with Gasteiger partial charge >= 0.3 is 0 Å². The van der Waals surface area contributed by atoms with Crippen LogP contribution in [0, 0.1) is 11.8 Å². The third-order valence-corrected chi connectivity index (χ3v) is 5.85. The molecule has 1 aliphatic heterocycles. The number of benzene rings is 1. The highest BCUT2D eigenvalue weighted by Crippen LogP contribution is 2.24. The fraction of sp³-hybridized carbons (Fsp3) is 0.476. The standard InChI is InChI=1S/C21H27N3O2S/c1-14(2)11-15-3-5-16(6-4-15)20(25)17-7-9-24(10-8-17)21(26)18-13-27-19(12-22)23-18/h3-6,13-14,17H,7-12,22H2,1-2H3. The molecule has 144 valence electrons. The summed E-state index contributed by atoms with van der Waals surface area (Å²) >= 11 is 1.41. The largest absolute Gasteiger partial charge is 0.337 e. The van der Waals surface area contributed by atoms with Crippen LogP contribution in [0.15, 0.2) is 29.6 Å². The molecule has 1 aromatic heterocycles. The summed E-state index contributed by atoms with van der Waals surface area (Å²) in [6.07, 6.45) is 2.43. The van der Waals surface area contributed by atoms with Crippen molar-refractivity contribution in [2.75, 3.05) is 13.1 Å². The van der Waals surface area contributed by atoms with Crippen LogP contribution in [-0.4, -0.2) is 34.7 Å². The van der Waals surface area contributed by atoms with Crippen LogP contribution in [0.2, 0.25) is 0 Å². The van der Waals surface area contributed by atoms with Crippen LogP contribution in [0.1, 0.15) is 58.1 Å². The lowest BCUT2D eigenvalue weighted by Crippen LogP contribution is -2.40. The van der Waals surface area contributed by atoms with Crippen molar-refractivity contribution in [1.82, 2.24) is 9.88 Å². The first-order valence-corrected chi connectivity index (χ1v) is 10.4. The van der Waals surface area contributed by atoms with E-state index in [0.29, 0.717) is 44.1 Å². The number of Topliss-reactive ketones (excluding diaryl/α,β-unsaturated/α-hetero) is 1. The first-order chi connectivity index (χ1) is 13.0. The Labute approximate surface area is 164 Å². The smallest absolute Gasteiger partial charge is 0.273 e. The zero-order valence-electron chi connectivity index (χ0n) is 16.0. The third-order valence-electron chi connectivity index (χ3n) is 4.98. The molecule has 1 amide bonds. The highest BCUT2D eigenvalue weighted by Gasteiger charge is 2.29. The van der Waals surface area contributed by atoms with Gasteiger partial charge in [-0.25, -0.2) is 4.98 Å². The van der Waals surface area contributed by atoms with Gasteiger partial charge in [0, 0.05) is 36.5 Å². The monoisotopic (exact) mass is 385 g/mol. The molecule has 2 aromatic rings. The van der Waals surface area contributed by atoms with Gasteiger partial charge in [-0.2, -0.15) is 0 Å². The Kier molecular flexibility index (Phi) is 6.39. The number of carbonyl (C=O) groups is 2. The minimum atomic E-state index is -0.0603. The number of carbonyl (C=O) groups excluding carboxylic acids is 2. The zero-order valence-corrected chi connectivity index (χ0v) is 16.8. The van der Waals surface area contributed by atoms with Crippen LogP contribution in [0.3, 0.4) is 0 Å². The molecule has 5 nitrogen and oxygen atoms in total. The minimum Gasteiger partial charge on any atom is -0.337 e. The van der Waals surface area contributed by atoms with E-state index < -0.39 is 0 Å². The first-order valence-electron chi connectivity index (χ1n) is 9.54. The summed E-state index contributed by atoms with van der Waals surface area (Å²) in [6.45, 7) is 5.92. The Hall–Kier alpha value is -2.05. The molecule has 0 saturated carbocycles. The lowest BCUT2D eigenvalue weighted by molar-refractivity contribution is 0.0646. The summed E-state index contributed by atoms with van der Waals surface area (Å²) in [5.74, 6) is 0.722. The van der Waals surface area contributed by atoms with Crippen molar-refractivity contribution < 1.29 is 9.59 Å². The van der Waals surface area contributed by atoms with E-state index in [-0.39, 0.29) is 17.6 Å². The molecule has 0 spiro atoms. The van der Waals surface area contributed by atoms with Gasteiger partial charge in [-0.05, 0) is 30.7 Å². The van der Waals surface area contributed by atoms with Crippen molar-refractivity contribution in [3.63, 3.8) is 0 Å². The van der Waals surface area contributed by atoms with Crippen molar-refractivity contribution in [3.05, 3.63) is 51.5 Å². The Morgan fingerprint density at radius 2 is 1.89 bits per heavy atom. The maximum atomic E-state index is 12.8. The van der Waals surface area contributed by atoms with E-state index in [1.165, 1.54) is 16.9 Å². The highest BCUT2D eigenvalue weighted by atomic mass is 32.1. The molecule has 27 heavy (non-hydrogen) atoms. The Morgan fingerprint density at radius 1 is 1.22 bits per heavy atom. The van der Waals surface area contributed by atoms with E-state index in [9.17, 15) is 9.59 Å². The summed E-state index contributed by atoms with van der Waals surface area (Å²) in [7, 11) is 0. The van der Waals surface area contributed by atoms with Crippen molar-refractivity contribution >= 4 is 23.0 Å². The quantitative estimate of drug-likeness (QED) is 0.772. The maximum Gasteiger partial charge on any atom is 0.273 e. The topological polar surface area (TPSA) is 76.3 Å². The predicted molar refractivity (Wildman–Crippen MR) is 108 cm³/mol. The summed E-state index contributed by atoms with van der Waals surface area (Å²) in [5, 5.41) is 2.53. The van der Waals surface area contributed by atoms with E-state index >= 15 is 0 Å². The maximum absolute atomic E-state index is 12.8. The second kappa shape index (κ2) is 8.76. The summed E-state index contributed by atoms with van der Waals surface area (Å²) in [4.78, 5) is 31.4. The molecule has 2 heterocycles. The van der Waals surface area contributed by atoms with Crippen molar-refractivity contribution in [2.24, 2.45) is 17.6 Å². The van der Waals surface area contributed by atoms with Gasteiger partial charge in [0.2, 0.25) is 0 Å². The van der Waals surface area contributed by atoms with E-state index in [2.05, 4.69) is 31.0 Å². The first kappa shape index (κ1) is 19.7. The van der Waals surface area contributed by atoms with Crippen molar-refractivity contribution in [2.45, 2.75) is 39.7 Å². The van der Waals surface area contributed by atoms with Crippen LogP contribution in [0.25, 0.3) is 0 Å². The number of amides is 1. The average Bonchev–Trinajstić information content (AvgIpc) is 3.16. The van der Waals surface area contributed by atoms with Crippen LogP contribution >= 0.6 is 11.3 Å².